The third-order valence-electron chi connectivity index (χ3n) is 3.09. The highest BCUT2D eigenvalue weighted by Crippen LogP contribution is 2.25. The van der Waals surface area contributed by atoms with E-state index in [2.05, 4.69) is 5.32 Å². The summed E-state index contributed by atoms with van der Waals surface area (Å²) < 4.78 is 30.3. The average Bonchev–Trinajstić information content (AvgIpc) is 2.37. The van der Waals surface area contributed by atoms with Gasteiger partial charge in [0.15, 0.2) is 6.61 Å². The minimum absolute atomic E-state index is 0.389. The van der Waals surface area contributed by atoms with Gasteiger partial charge in [0.2, 0.25) is 0 Å². The van der Waals surface area contributed by atoms with E-state index < -0.39 is 12.5 Å². The fourth-order valence-electron chi connectivity index (χ4n) is 2.14. The Morgan fingerprint density at radius 1 is 1.28 bits per heavy atom. The summed E-state index contributed by atoms with van der Waals surface area (Å²) in [6.45, 7) is 1.33. The molecule has 4 heteroatoms. The molecule has 1 aromatic rings. The Morgan fingerprint density at radius 3 is 2.56 bits per heavy atom. The van der Waals surface area contributed by atoms with Crippen LogP contribution in [0.3, 0.4) is 0 Å². The maximum absolute atomic E-state index is 12.6. The number of piperidine rings is 1. The molecule has 1 saturated heterocycles. The van der Waals surface area contributed by atoms with Gasteiger partial charge >= 0.3 is 0 Å². The van der Waals surface area contributed by atoms with E-state index in [-0.39, 0.29) is 0 Å². The summed E-state index contributed by atoms with van der Waals surface area (Å²) in [5, 5.41) is 3.45. The minimum atomic E-state index is -2.79. The maximum Gasteiger partial charge on any atom is 0.278 e. The van der Waals surface area contributed by atoms with Crippen LogP contribution < -0.4 is 10.1 Å². The van der Waals surface area contributed by atoms with Crippen molar-refractivity contribution in [2.24, 2.45) is 0 Å². The summed E-state index contributed by atoms with van der Waals surface area (Å²) in [5.41, 5.74) is 1.20. The number of ether oxygens (including phenoxy) is 1. The molecule has 0 saturated carbocycles. The number of hydrogen-bond acceptors (Lipinski definition) is 2. The Hall–Kier alpha value is -1.16. The van der Waals surface area contributed by atoms with Crippen molar-refractivity contribution in [2.75, 3.05) is 13.2 Å². The third kappa shape index (κ3) is 3.95. The summed E-state index contributed by atoms with van der Waals surface area (Å²) in [5.74, 6) is -2.29. The Kier molecular flexibility index (Phi) is 4.17. The first-order chi connectivity index (χ1) is 8.54. The lowest BCUT2D eigenvalue weighted by Crippen LogP contribution is -2.26. The van der Waals surface area contributed by atoms with Gasteiger partial charge in [0, 0.05) is 13.0 Å². The van der Waals surface area contributed by atoms with Gasteiger partial charge in [0.1, 0.15) is 5.75 Å². The van der Waals surface area contributed by atoms with E-state index in [1.165, 1.54) is 18.4 Å². The van der Waals surface area contributed by atoms with Gasteiger partial charge in [-0.1, -0.05) is 18.6 Å². The van der Waals surface area contributed by atoms with Crippen LogP contribution in [-0.2, 0) is 0 Å². The van der Waals surface area contributed by atoms with Crippen LogP contribution in [-0.4, -0.2) is 19.1 Å². The topological polar surface area (TPSA) is 21.3 Å². The number of alkyl halides is 2. The van der Waals surface area contributed by atoms with E-state index in [9.17, 15) is 8.78 Å². The van der Waals surface area contributed by atoms with Gasteiger partial charge in [-0.15, -0.1) is 0 Å². The highest BCUT2D eigenvalue weighted by molar-refractivity contribution is 5.29. The van der Waals surface area contributed by atoms with Crippen LogP contribution in [0.25, 0.3) is 0 Å². The molecule has 2 nitrogen and oxygen atoms in total. The monoisotopic (exact) mass is 255 g/mol. The Balaban J connectivity index is 1.92. The van der Waals surface area contributed by atoms with Gasteiger partial charge < -0.3 is 10.1 Å². The van der Waals surface area contributed by atoms with E-state index in [1.807, 2.05) is 12.1 Å². The first-order valence-corrected chi connectivity index (χ1v) is 6.38. The number of rotatable bonds is 4. The smallest absolute Gasteiger partial charge is 0.278 e. The van der Waals surface area contributed by atoms with Crippen molar-refractivity contribution >= 4 is 0 Å². The van der Waals surface area contributed by atoms with E-state index in [4.69, 9.17) is 4.74 Å². The molecule has 1 unspecified atom stereocenters. The molecule has 0 spiro atoms. The van der Waals surface area contributed by atoms with Crippen molar-refractivity contribution in [3.63, 3.8) is 0 Å². The second-order valence-corrected chi connectivity index (χ2v) is 4.93. The number of halogens is 2. The first kappa shape index (κ1) is 13.3. The van der Waals surface area contributed by atoms with Crippen LogP contribution in [0.1, 0.15) is 37.8 Å². The normalized spacial score (nSPS) is 20.7. The number of benzene rings is 1. The van der Waals surface area contributed by atoms with Crippen molar-refractivity contribution in [3.05, 3.63) is 29.8 Å². The van der Waals surface area contributed by atoms with Crippen LogP contribution in [0, 0.1) is 0 Å². The standard InChI is InChI=1S/C14H19F2NO/c1-14(15,16)10-18-12-7-5-11(6-8-12)13-4-2-3-9-17-13/h5-8,13,17H,2-4,9-10H2,1H3. The van der Waals surface area contributed by atoms with E-state index in [0.29, 0.717) is 11.8 Å². The molecule has 100 valence electrons. The van der Waals surface area contributed by atoms with Crippen LogP contribution >= 0.6 is 0 Å². The van der Waals surface area contributed by atoms with Crippen LogP contribution in [0.4, 0.5) is 8.78 Å². The minimum Gasteiger partial charge on any atom is -0.487 e. The zero-order valence-corrected chi connectivity index (χ0v) is 10.6. The molecule has 2 rings (SSSR count). The number of hydrogen-bond donors (Lipinski definition) is 1. The molecule has 0 radical (unpaired) electrons. The summed E-state index contributed by atoms with van der Waals surface area (Å²) in [6.07, 6.45) is 3.59. The summed E-state index contributed by atoms with van der Waals surface area (Å²) in [7, 11) is 0. The largest absolute Gasteiger partial charge is 0.487 e. The molecule has 1 N–H and O–H groups in total. The van der Waals surface area contributed by atoms with Crippen molar-refractivity contribution in [3.8, 4) is 5.75 Å². The predicted octanol–water partition coefficient (Wildman–Crippen LogP) is 3.54. The lowest BCUT2D eigenvalue weighted by molar-refractivity contribution is -0.0229. The quantitative estimate of drug-likeness (QED) is 0.888. The predicted molar refractivity (Wildman–Crippen MR) is 67.2 cm³/mol. The lowest BCUT2D eigenvalue weighted by Gasteiger charge is -2.24. The lowest BCUT2D eigenvalue weighted by atomic mass is 9.98. The zero-order valence-electron chi connectivity index (χ0n) is 10.6. The van der Waals surface area contributed by atoms with Gasteiger partial charge in [-0.05, 0) is 37.1 Å². The second kappa shape index (κ2) is 5.65. The summed E-state index contributed by atoms with van der Waals surface area (Å²) in [4.78, 5) is 0. The molecule has 1 fully saturated rings. The fourth-order valence-corrected chi connectivity index (χ4v) is 2.14. The molecule has 0 amide bonds. The van der Waals surface area contributed by atoms with Crippen LogP contribution in [0.5, 0.6) is 5.75 Å². The van der Waals surface area contributed by atoms with Gasteiger partial charge in [0.05, 0.1) is 0 Å². The molecule has 0 aliphatic carbocycles. The van der Waals surface area contributed by atoms with Crippen molar-refractivity contribution in [2.45, 2.75) is 38.2 Å². The third-order valence-corrected chi connectivity index (χ3v) is 3.09. The maximum atomic E-state index is 12.6. The van der Waals surface area contributed by atoms with Crippen LogP contribution in [0.15, 0.2) is 24.3 Å². The molecule has 0 bridgehead atoms. The molecule has 1 aliphatic heterocycles. The van der Waals surface area contributed by atoms with Gasteiger partial charge in [0.25, 0.3) is 5.92 Å². The van der Waals surface area contributed by atoms with E-state index in [0.717, 1.165) is 19.9 Å². The molecule has 1 heterocycles. The Labute approximate surface area is 106 Å². The Bertz CT molecular complexity index is 366. The van der Waals surface area contributed by atoms with Gasteiger partial charge in [-0.3, -0.25) is 0 Å². The van der Waals surface area contributed by atoms with Gasteiger partial charge in [-0.25, -0.2) is 8.78 Å². The molecule has 1 aromatic carbocycles. The van der Waals surface area contributed by atoms with Gasteiger partial charge in [-0.2, -0.15) is 0 Å². The molecular weight excluding hydrogens is 236 g/mol. The fraction of sp³-hybridized carbons (Fsp3) is 0.571. The SMILES string of the molecule is CC(F)(F)COc1ccc(C2CCCCN2)cc1. The summed E-state index contributed by atoms with van der Waals surface area (Å²) in [6, 6.07) is 7.81. The number of nitrogens with one attached hydrogen (secondary N) is 1. The van der Waals surface area contributed by atoms with E-state index >= 15 is 0 Å². The highest BCUT2D eigenvalue weighted by atomic mass is 19.3. The van der Waals surface area contributed by atoms with Crippen molar-refractivity contribution in [1.29, 1.82) is 0 Å². The average molecular weight is 255 g/mol. The van der Waals surface area contributed by atoms with Crippen molar-refractivity contribution < 1.29 is 13.5 Å². The molecular formula is C14H19F2NO. The second-order valence-electron chi connectivity index (χ2n) is 4.93. The van der Waals surface area contributed by atoms with Crippen LogP contribution in [0.2, 0.25) is 0 Å². The first-order valence-electron chi connectivity index (χ1n) is 6.38. The van der Waals surface area contributed by atoms with E-state index in [1.54, 1.807) is 12.1 Å². The molecule has 1 aliphatic rings. The molecule has 18 heavy (non-hydrogen) atoms. The van der Waals surface area contributed by atoms with Crippen molar-refractivity contribution in [1.82, 2.24) is 5.32 Å². The molecule has 0 aromatic heterocycles. The highest BCUT2D eigenvalue weighted by Gasteiger charge is 2.22. The molecule has 1 atom stereocenters. The Morgan fingerprint density at radius 2 is 2.00 bits per heavy atom. The summed E-state index contributed by atoms with van der Waals surface area (Å²) >= 11 is 0. The zero-order chi connectivity index (χ0) is 13.0.